The standard InChI is InChI=1S/C21H19NO4/c1-3-26-20(23)17-16(14-10-6-4-7-11-14)19(21(24)25-2)22-18(17)15-12-8-5-9-13-15/h4-13,22H,3H2,1-2H3. The first kappa shape index (κ1) is 17.5. The zero-order valence-electron chi connectivity index (χ0n) is 14.6. The molecule has 3 aromatic rings. The number of esters is 2. The highest BCUT2D eigenvalue weighted by Crippen LogP contribution is 2.36. The van der Waals surface area contributed by atoms with Crippen molar-refractivity contribution < 1.29 is 19.1 Å². The van der Waals surface area contributed by atoms with Crippen molar-refractivity contribution in [1.82, 2.24) is 4.98 Å². The van der Waals surface area contributed by atoms with E-state index in [4.69, 9.17) is 9.47 Å². The summed E-state index contributed by atoms with van der Waals surface area (Å²) in [6.45, 7) is 1.98. The molecule has 0 bridgehead atoms. The normalized spacial score (nSPS) is 10.4. The minimum atomic E-state index is -0.545. The number of methoxy groups -OCH3 is 1. The Kier molecular flexibility index (Phi) is 5.17. The molecule has 1 N–H and O–H groups in total. The van der Waals surface area contributed by atoms with Gasteiger partial charge in [0.25, 0.3) is 0 Å². The van der Waals surface area contributed by atoms with Crippen LogP contribution >= 0.6 is 0 Å². The van der Waals surface area contributed by atoms with E-state index < -0.39 is 11.9 Å². The molecular formula is C21H19NO4. The molecule has 0 fully saturated rings. The molecule has 0 amide bonds. The highest BCUT2D eigenvalue weighted by Gasteiger charge is 2.29. The molecule has 3 rings (SSSR count). The second-order valence-corrected chi connectivity index (χ2v) is 5.57. The van der Waals surface area contributed by atoms with Gasteiger partial charge in [0.15, 0.2) is 0 Å². The van der Waals surface area contributed by atoms with Gasteiger partial charge in [-0.15, -0.1) is 0 Å². The molecule has 0 saturated heterocycles. The lowest BCUT2D eigenvalue weighted by Gasteiger charge is -2.08. The minimum Gasteiger partial charge on any atom is -0.464 e. The first-order valence-electron chi connectivity index (χ1n) is 8.29. The smallest absolute Gasteiger partial charge is 0.355 e. The topological polar surface area (TPSA) is 68.4 Å². The van der Waals surface area contributed by atoms with Crippen LogP contribution in [0.15, 0.2) is 60.7 Å². The summed E-state index contributed by atoms with van der Waals surface area (Å²) in [7, 11) is 1.31. The van der Waals surface area contributed by atoms with Gasteiger partial charge in [0, 0.05) is 5.56 Å². The van der Waals surface area contributed by atoms with Gasteiger partial charge < -0.3 is 14.5 Å². The maximum Gasteiger partial charge on any atom is 0.355 e. The Morgan fingerprint density at radius 1 is 0.885 bits per heavy atom. The van der Waals surface area contributed by atoms with Gasteiger partial charge in [-0.2, -0.15) is 0 Å². The zero-order chi connectivity index (χ0) is 18.5. The number of carbonyl (C=O) groups is 2. The number of benzene rings is 2. The van der Waals surface area contributed by atoms with Crippen LogP contribution in [0.5, 0.6) is 0 Å². The second kappa shape index (κ2) is 7.70. The number of hydrogen-bond donors (Lipinski definition) is 1. The monoisotopic (exact) mass is 349 g/mol. The van der Waals surface area contributed by atoms with Crippen molar-refractivity contribution in [1.29, 1.82) is 0 Å². The molecule has 0 aliphatic carbocycles. The Morgan fingerprint density at radius 2 is 1.46 bits per heavy atom. The summed E-state index contributed by atoms with van der Waals surface area (Å²) in [5.74, 6) is -1.03. The number of carbonyl (C=O) groups excluding carboxylic acids is 2. The molecule has 5 heteroatoms. The van der Waals surface area contributed by atoms with Crippen molar-refractivity contribution in [2.75, 3.05) is 13.7 Å². The Hall–Kier alpha value is -3.34. The van der Waals surface area contributed by atoms with Gasteiger partial charge in [-0.05, 0) is 18.1 Å². The van der Waals surface area contributed by atoms with Crippen molar-refractivity contribution in [2.24, 2.45) is 0 Å². The lowest BCUT2D eigenvalue weighted by Crippen LogP contribution is -2.08. The molecule has 0 saturated carbocycles. The molecule has 1 aromatic heterocycles. The highest BCUT2D eigenvalue weighted by molar-refractivity contribution is 6.10. The van der Waals surface area contributed by atoms with Crippen LogP contribution in [0.25, 0.3) is 22.4 Å². The number of aromatic amines is 1. The predicted molar refractivity (Wildman–Crippen MR) is 99.0 cm³/mol. The number of rotatable bonds is 5. The number of aromatic nitrogens is 1. The largest absolute Gasteiger partial charge is 0.464 e. The van der Waals surface area contributed by atoms with E-state index in [0.717, 1.165) is 11.1 Å². The predicted octanol–water partition coefficient (Wildman–Crippen LogP) is 4.31. The summed E-state index contributed by atoms with van der Waals surface area (Å²) >= 11 is 0. The maximum atomic E-state index is 12.8. The zero-order valence-corrected chi connectivity index (χ0v) is 14.6. The van der Waals surface area contributed by atoms with Crippen LogP contribution in [-0.4, -0.2) is 30.6 Å². The molecule has 26 heavy (non-hydrogen) atoms. The highest BCUT2D eigenvalue weighted by atomic mass is 16.5. The lowest BCUT2D eigenvalue weighted by molar-refractivity contribution is 0.0528. The van der Waals surface area contributed by atoms with Crippen LogP contribution < -0.4 is 0 Å². The first-order chi connectivity index (χ1) is 12.7. The summed E-state index contributed by atoms with van der Waals surface area (Å²) in [6, 6.07) is 18.6. The Morgan fingerprint density at radius 3 is 2.00 bits per heavy atom. The van der Waals surface area contributed by atoms with Gasteiger partial charge in [0.05, 0.1) is 25.0 Å². The fourth-order valence-corrected chi connectivity index (χ4v) is 2.88. The molecule has 0 aliphatic heterocycles. The van der Waals surface area contributed by atoms with E-state index in [9.17, 15) is 9.59 Å². The molecule has 2 aromatic carbocycles. The van der Waals surface area contributed by atoms with Crippen LogP contribution in [0, 0.1) is 0 Å². The van der Waals surface area contributed by atoms with Crippen LogP contribution in [-0.2, 0) is 9.47 Å². The third-order valence-corrected chi connectivity index (χ3v) is 3.99. The van der Waals surface area contributed by atoms with Crippen molar-refractivity contribution in [3.8, 4) is 22.4 Å². The quantitative estimate of drug-likeness (QED) is 0.697. The Balaban J connectivity index is 2.33. The molecule has 0 aliphatic rings. The van der Waals surface area contributed by atoms with E-state index in [2.05, 4.69) is 4.98 Å². The summed E-state index contributed by atoms with van der Waals surface area (Å²) in [5.41, 5.74) is 3.07. The summed E-state index contributed by atoms with van der Waals surface area (Å²) < 4.78 is 10.2. The Labute approximate surface area is 151 Å². The molecule has 5 nitrogen and oxygen atoms in total. The first-order valence-corrected chi connectivity index (χ1v) is 8.29. The number of nitrogens with one attached hydrogen (secondary N) is 1. The van der Waals surface area contributed by atoms with Crippen LogP contribution in [0.4, 0.5) is 0 Å². The third kappa shape index (κ3) is 3.24. The van der Waals surface area contributed by atoms with Crippen molar-refractivity contribution >= 4 is 11.9 Å². The van der Waals surface area contributed by atoms with Gasteiger partial charge in [-0.25, -0.2) is 9.59 Å². The molecular weight excluding hydrogens is 330 g/mol. The summed E-state index contributed by atoms with van der Waals surface area (Å²) in [6.07, 6.45) is 0. The molecule has 0 unspecified atom stereocenters. The summed E-state index contributed by atoms with van der Waals surface area (Å²) in [5, 5.41) is 0. The number of H-pyrrole nitrogens is 1. The van der Waals surface area contributed by atoms with E-state index >= 15 is 0 Å². The average Bonchev–Trinajstić information content (AvgIpc) is 3.09. The maximum absolute atomic E-state index is 12.8. The molecule has 0 radical (unpaired) electrons. The van der Waals surface area contributed by atoms with Gasteiger partial charge >= 0.3 is 11.9 Å². The fourth-order valence-electron chi connectivity index (χ4n) is 2.88. The van der Waals surface area contributed by atoms with Gasteiger partial charge in [-0.1, -0.05) is 60.7 Å². The van der Waals surface area contributed by atoms with Gasteiger partial charge in [-0.3, -0.25) is 0 Å². The van der Waals surface area contributed by atoms with E-state index in [-0.39, 0.29) is 12.3 Å². The summed E-state index contributed by atoms with van der Waals surface area (Å²) in [4.78, 5) is 28.2. The molecule has 0 atom stereocenters. The van der Waals surface area contributed by atoms with Crippen molar-refractivity contribution in [3.05, 3.63) is 71.9 Å². The molecule has 0 spiro atoms. The van der Waals surface area contributed by atoms with Gasteiger partial charge in [0.1, 0.15) is 5.69 Å². The lowest BCUT2D eigenvalue weighted by atomic mass is 9.98. The van der Waals surface area contributed by atoms with E-state index in [0.29, 0.717) is 16.8 Å². The van der Waals surface area contributed by atoms with E-state index in [1.165, 1.54) is 7.11 Å². The van der Waals surface area contributed by atoms with Crippen LogP contribution in [0.1, 0.15) is 27.8 Å². The Bertz CT molecular complexity index is 914. The van der Waals surface area contributed by atoms with Crippen LogP contribution in [0.3, 0.4) is 0 Å². The van der Waals surface area contributed by atoms with Gasteiger partial charge in [0.2, 0.25) is 0 Å². The molecule has 132 valence electrons. The van der Waals surface area contributed by atoms with E-state index in [1.54, 1.807) is 6.92 Å². The molecule has 1 heterocycles. The average molecular weight is 349 g/mol. The second-order valence-electron chi connectivity index (χ2n) is 5.57. The van der Waals surface area contributed by atoms with E-state index in [1.807, 2.05) is 60.7 Å². The SMILES string of the molecule is CCOC(=O)c1c(-c2ccccc2)[nH]c(C(=O)OC)c1-c1ccccc1. The minimum absolute atomic E-state index is 0.223. The van der Waals surface area contributed by atoms with Crippen molar-refractivity contribution in [2.45, 2.75) is 6.92 Å². The fraction of sp³-hybridized carbons (Fsp3) is 0.143. The third-order valence-electron chi connectivity index (χ3n) is 3.99. The van der Waals surface area contributed by atoms with Crippen molar-refractivity contribution in [3.63, 3.8) is 0 Å². The number of hydrogen-bond acceptors (Lipinski definition) is 4. The van der Waals surface area contributed by atoms with Crippen LogP contribution in [0.2, 0.25) is 0 Å². The number of ether oxygens (including phenoxy) is 2.